The van der Waals surface area contributed by atoms with Gasteiger partial charge in [-0.2, -0.15) is 0 Å². The molecule has 0 aromatic heterocycles. The van der Waals surface area contributed by atoms with Crippen molar-refractivity contribution >= 4 is 0 Å². The average molecular weight is 307 g/mol. The van der Waals surface area contributed by atoms with Crippen LogP contribution in [-0.4, -0.2) is 76.0 Å². The van der Waals surface area contributed by atoms with E-state index < -0.39 is 12.1 Å². The highest BCUT2D eigenvalue weighted by Gasteiger charge is 2.36. The summed E-state index contributed by atoms with van der Waals surface area (Å²) in [5, 5.41) is 15.4. The van der Waals surface area contributed by atoms with Gasteiger partial charge in [0.05, 0.1) is 25.5 Å². The van der Waals surface area contributed by atoms with Gasteiger partial charge in [-0.25, -0.2) is 0 Å². The molecule has 21 heavy (non-hydrogen) atoms. The predicted octanol–water partition coefficient (Wildman–Crippen LogP) is -1.42. The number of aliphatic hydroxyl groups excluding tert-OH is 1. The minimum atomic E-state index is -0.658. The van der Waals surface area contributed by atoms with Gasteiger partial charge in [0.2, 0.25) is 0 Å². The second-order valence-electron chi connectivity index (χ2n) is 5.33. The number of hydrogen-bond acceptors (Lipinski definition) is 8. The summed E-state index contributed by atoms with van der Waals surface area (Å²) in [5.74, 6) is -0.658. The third kappa shape index (κ3) is 7.48. The Morgan fingerprint density at radius 1 is 1.48 bits per heavy atom. The monoisotopic (exact) mass is 307 g/mol. The van der Waals surface area contributed by atoms with Crippen LogP contribution in [0, 0.1) is 0 Å². The molecule has 0 saturated carbocycles. The minimum absolute atomic E-state index is 0.0363. The zero-order chi connectivity index (χ0) is 15.7. The van der Waals surface area contributed by atoms with Gasteiger partial charge in [-0.3, -0.25) is 5.32 Å². The van der Waals surface area contributed by atoms with Crippen LogP contribution in [0.2, 0.25) is 0 Å². The Balaban J connectivity index is 2.13. The molecule has 4 atom stereocenters. The fourth-order valence-electron chi connectivity index (χ4n) is 2.00. The zero-order valence-corrected chi connectivity index (χ0v) is 13.1. The molecule has 0 amide bonds. The van der Waals surface area contributed by atoms with Gasteiger partial charge < -0.3 is 35.1 Å². The van der Waals surface area contributed by atoms with Crippen molar-refractivity contribution in [1.29, 1.82) is 0 Å². The third-order valence-corrected chi connectivity index (χ3v) is 3.08. The Labute approximate surface area is 126 Å². The van der Waals surface area contributed by atoms with Gasteiger partial charge in [0.15, 0.2) is 12.1 Å². The van der Waals surface area contributed by atoms with E-state index in [-0.39, 0.29) is 12.2 Å². The van der Waals surface area contributed by atoms with E-state index >= 15 is 0 Å². The van der Waals surface area contributed by atoms with Gasteiger partial charge in [0.1, 0.15) is 0 Å². The number of ether oxygens (including phenoxy) is 4. The van der Waals surface area contributed by atoms with Crippen LogP contribution in [0.15, 0.2) is 0 Å². The van der Waals surface area contributed by atoms with Gasteiger partial charge in [0, 0.05) is 33.3 Å². The van der Waals surface area contributed by atoms with Gasteiger partial charge in [-0.05, 0) is 13.8 Å². The van der Waals surface area contributed by atoms with E-state index in [1.807, 2.05) is 6.92 Å². The molecule has 8 nitrogen and oxygen atoms in total. The van der Waals surface area contributed by atoms with E-state index in [4.69, 9.17) is 24.7 Å². The lowest BCUT2D eigenvalue weighted by molar-refractivity contribution is -0.152. The number of rotatable bonds is 11. The Bertz CT molecular complexity index is 279. The average Bonchev–Trinajstić information content (AvgIpc) is 2.80. The summed E-state index contributed by atoms with van der Waals surface area (Å²) in [4.78, 5) is 0. The quantitative estimate of drug-likeness (QED) is 0.272. The van der Waals surface area contributed by atoms with Crippen LogP contribution >= 0.6 is 0 Å². The second kappa shape index (κ2) is 9.65. The van der Waals surface area contributed by atoms with Crippen molar-refractivity contribution in [3.8, 4) is 0 Å². The fourth-order valence-corrected chi connectivity index (χ4v) is 2.00. The number of nitrogens with one attached hydrogen (secondary N) is 2. The van der Waals surface area contributed by atoms with Crippen molar-refractivity contribution in [2.75, 3.05) is 46.6 Å². The molecule has 1 fully saturated rings. The molecule has 8 heteroatoms. The molecule has 3 unspecified atom stereocenters. The van der Waals surface area contributed by atoms with E-state index in [9.17, 15) is 5.11 Å². The second-order valence-corrected chi connectivity index (χ2v) is 5.33. The lowest BCUT2D eigenvalue weighted by Crippen LogP contribution is -2.42. The maximum Gasteiger partial charge on any atom is 0.178 e. The van der Waals surface area contributed by atoms with Crippen LogP contribution in [0.3, 0.4) is 0 Å². The molecule has 0 spiro atoms. The van der Waals surface area contributed by atoms with Crippen molar-refractivity contribution in [2.24, 2.45) is 5.73 Å². The van der Waals surface area contributed by atoms with Crippen molar-refractivity contribution in [2.45, 2.75) is 38.1 Å². The first-order chi connectivity index (χ1) is 9.99. The molecular weight excluding hydrogens is 278 g/mol. The smallest absolute Gasteiger partial charge is 0.178 e. The summed E-state index contributed by atoms with van der Waals surface area (Å²) in [5.41, 5.74) is 5.44. The van der Waals surface area contributed by atoms with E-state index in [1.54, 1.807) is 14.0 Å². The fraction of sp³-hybridized carbons (Fsp3) is 1.00. The van der Waals surface area contributed by atoms with Crippen molar-refractivity contribution in [3.63, 3.8) is 0 Å². The molecule has 0 aromatic carbocycles. The van der Waals surface area contributed by atoms with Crippen molar-refractivity contribution in [3.05, 3.63) is 0 Å². The Morgan fingerprint density at radius 3 is 2.86 bits per heavy atom. The Kier molecular flexibility index (Phi) is 8.60. The van der Waals surface area contributed by atoms with E-state index in [1.165, 1.54) is 0 Å². The number of aliphatic hydroxyl groups is 1. The lowest BCUT2D eigenvalue weighted by atomic mass is 10.3. The maximum atomic E-state index is 9.20. The first-order valence-corrected chi connectivity index (χ1v) is 7.25. The molecule has 5 N–H and O–H groups in total. The number of hydrogen-bond donors (Lipinski definition) is 4. The molecular formula is C13H29N3O5. The summed E-state index contributed by atoms with van der Waals surface area (Å²) in [6.07, 6.45) is -0.820. The van der Waals surface area contributed by atoms with Crippen molar-refractivity contribution < 1.29 is 24.1 Å². The summed E-state index contributed by atoms with van der Waals surface area (Å²) < 4.78 is 21.9. The summed E-state index contributed by atoms with van der Waals surface area (Å²) >= 11 is 0. The predicted molar refractivity (Wildman–Crippen MR) is 77.6 cm³/mol. The van der Waals surface area contributed by atoms with Crippen LogP contribution in [0.25, 0.3) is 0 Å². The maximum absolute atomic E-state index is 9.20. The molecule has 0 aromatic rings. The highest BCUT2D eigenvalue weighted by atomic mass is 16.7. The SMILES string of the molecule is COC(CN)OCNCC1COC(C)(CNC[C@H](C)O)O1. The van der Waals surface area contributed by atoms with Crippen LogP contribution in [0.5, 0.6) is 0 Å². The molecule has 0 radical (unpaired) electrons. The van der Waals surface area contributed by atoms with E-state index in [0.29, 0.717) is 39.5 Å². The minimum Gasteiger partial charge on any atom is -0.392 e. The summed E-state index contributed by atoms with van der Waals surface area (Å²) in [7, 11) is 1.55. The molecule has 1 aliphatic heterocycles. The highest BCUT2D eigenvalue weighted by Crippen LogP contribution is 2.22. The Morgan fingerprint density at radius 2 is 2.24 bits per heavy atom. The van der Waals surface area contributed by atoms with Crippen LogP contribution in [0.4, 0.5) is 0 Å². The third-order valence-electron chi connectivity index (χ3n) is 3.08. The first-order valence-electron chi connectivity index (χ1n) is 7.25. The van der Waals surface area contributed by atoms with Crippen LogP contribution in [-0.2, 0) is 18.9 Å². The van der Waals surface area contributed by atoms with Gasteiger partial charge >= 0.3 is 0 Å². The Hall–Kier alpha value is -0.320. The normalized spacial score (nSPS) is 28.7. The first kappa shape index (κ1) is 18.7. The lowest BCUT2D eigenvalue weighted by Gasteiger charge is -2.24. The molecule has 0 aliphatic carbocycles. The van der Waals surface area contributed by atoms with Crippen molar-refractivity contribution in [1.82, 2.24) is 10.6 Å². The molecule has 0 bridgehead atoms. The topological polar surface area (TPSA) is 107 Å². The number of nitrogens with two attached hydrogens (primary N) is 1. The largest absolute Gasteiger partial charge is 0.392 e. The summed E-state index contributed by atoms with van der Waals surface area (Å²) in [6, 6.07) is 0. The summed E-state index contributed by atoms with van der Waals surface area (Å²) in [6.45, 7) is 6.44. The van der Waals surface area contributed by atoms with Gasteiger partial charge in [-0.15, -0.1) is 0 Å². The van der Waals surface area contributed by atoms with Gasteiger partial charge in [-0.1, -0.05) is 0 Å². The standard InChI is InChI=1S/C13H29N3O5/c1-10(17)5-15-8-13(2)20-7-11(21-13)6-16-9-19-12(4-14)18-3/h10-12,15-17H,4-9,14H2,1-3H3/t10-,11?,12?,13?/m0/s1. The highest BCUT2D eigenvalue weighted by molar-refractivity contribution is 4.78. The molecule has 1 heterocycles. The zero-order valence-electron chi connectivity index (χ0n) is 13.1. The number of methoxy groups -OCH3 is 1. The van der Waals surface area contributed by atoms with Crippen LogP contribution in [0.1, 0.15) is 13.8 Å². The van der Waals surface area contributed by atoms with E-state index in [2.05, 4.69) is 10.6 Å². The molecule has 126 valence electrons. The van der Waals surface area contributed by atoms with Gasteiger partial charge in [0.25, 0.3) is 0 Å². The van der Waals surface area contributed by atoms with Crippen LogP contribution < -0.4 is 16.4 Å². The molecule has 1 saturated heterocycles. The van der Waals surface area contributed by atoms with E-state index in [0.717, 1.165) is 0 Å². The molecule has 1 aliphatic rings. The molecule has 1 rings (SSSR count).